The molecule has 4 rings (SSSR count). The van der Waals surface area contributed by atoms with E-state index in [-0.39, 0.29) is 17.1 Å². The molecule has 3 aromatic rings. The van der Waals surface area contributed by atoms with Crippen molar-refractivity contribution in [3.63, 3.8) is 0 Å². The normalized spacial score (nSPS) is 15.1. The number of piperazine rings is 1. The van der Waals surface area contributed by atoms with Crippen LogP contribution in [0, 0.1) is 13.8 Å². The van der Waals surface area contributed by atoms with Crippen molar-refractivity contribution in [2.24, 2.45) is 0 Å². The van der Waals surface area contributed by atoms with Gasteiger partial charge in [0.05, 0.1) is 0 Å². The highest BCUT2D eigenvalue weighted by Gasteiger charge is 2.21. The van der Waals surface area contributed by atoms with E-state index in [0.717, 1.165) is 49.5 Å². The summed E-state index contributed by atoms with van der Waals surface area (Å²) >= 11 is 0. The number of amides is 1. The van der Waals surface area contributed by atoms with Crippen LogP contribution in [0.4, 0.5) is 0 Å². The van der Waals surface area contributed by atoms with Gasteiger partial charge in [-0.15, -0.1) is 10.2 Å². The van der Waals surface area contributed by atoms with E-state index in [1.54, 1.807) is 21.4 Å². The molecular weight excluding hydrogens is 380 g/mol. The van der Waals surface area contributed by atoms with Gasteiger partial charge < -0.3 is 9.80 Å². The minimum atomic E-state index is -0.219. The van der Waals surface area contributed by atoms with E-state index >= 15 is 0 Å². The predicted molar refractivity (Wildman–Crippen MR) is 115 cm³/mol. The second-order valence-corrected chi connectivity index (χ2v) is 7.94. The number of carbonyl (C=O) groups excluding carboxylic acids is 1. The Bertz CT molecular complexity index is 1100. The monoisotopic (exact) mass is 408 g/mol. The van der Waals surface area contributed by atoms with Crippen LogP contribution in [0.25, 0.3) is 11.3 Å². The maximum atomic E-state index is 13.0. The molecule has 8 heteroatoms. The third-order valence-electron chi connectivity index (χ3n) is 5.76. The molecule has 0 bridgehead atoms. The SMILES string of the molecule is CCN1CCN(C(=O)CCc2nnc3c(=O)n(-c4cc(C)cc(C)c4)ccn23)CC1. The maximum absolute atomic E-state index is 13.0. The van der Waals surface area contributed by atoms with Crippen molar-refractivity contribution in [2.75, 3.05) is 32.7 Å². The second-order valence-electron chi connectivity index (χ2n) is 7.94. The van der Waals surface area contributed by atoms with E-state index in [4.69, 9.17) is 0 Å². The zero-order valence-corrected chi connectivity index (χ0v) is 17.8. The predicted octanol–water partition coefficient (Wildman–Crippen LogP) is 1.59. The molecule has 0 aliphatic carbocycles. The Morgan fingerprint density at radius 3 is 2.37 bits per heavy atom. The number of fused-ring (bicyclic) bond motifs is 1. The first-order valence-corrected chi connectivity index (χ1v) is 10.5. The van der Waals surface area contributed by atoms with E-state index in [2.05, 4.69) is 28.1 Å². The van der Waals surface area contributed by atoms with Crippen LogP contribution >= 0.6 is 0 Å². The van der Waals surface area contributed by atoms with Crippen LogP contribution in [0.3, 0.4) is 0 Å². The first-order valence-electron chi connectivity index (χ1n) is 10.5. The summed E-state index contributed by atoms with van der Waals surface area (Å²) in [5.74, 6) is 0.765. The van der Waals surface area contributed by atoms with Gasteiger partial charge in [0, 0.05) is 57.1 Å². The summed E-state index contributed by atoms with van der Waals surface area (Å²) in [7, 11) is 0. The highest BCUT2D eigenvalue weighted by molar-refractivity contribution is 5.76. The number of nitrogens with zero attached hydrogens (tertiary/aromatic N) is 6. The Balaban J connectivity index is 1.51. The van der Waals surface area contributed by atoms with Crippen LogP contribution in [0.1, 0.15) is 30.3 Å². The summed E-state index contributed by atoms with van der Waals surface area (Å²) in [6.45, 7) is 10.6. The van der Waals surface area contributed by atoms with Crippen LogP contribution in [0.5, 0.6) is 0 Å². The molecule has 8 nitrogen and oxygen atoms in total. The smallest absolute Gasteiger partial charge is 0.300 e. The lowest BCUT2D eigenvalue weighted by Crippen LogP contribution is -2.48. The van der Waals surface area contributed by atoms with Gasteiger partial charge in [0.1, 0.15) is 5.82 Å². The number of aromatic nitrogens is 4. The molecule has 1 fully saturated rings. The van der Waals surface area contributed by atoms with E-state index in [0.29, 0.717) is 18.7 Å². The summed E-state index contributed by atoms with van der Waals surface area (Å²) in [5, 5.41) is 8.30. The highest BCUT2D eigenvalue weighted by atomic mass is 16.2. The molecule has 1 aliphatic rings. The first kappa shape index (κ1) is 20.3. The molecule has 0 atom stereocenters. The molecule has 158 valence electrons. The Morgan fingerprint density at radius 2 is 1.70 bits per heavy atom. The van der Waals surface area contributed by atoms with Crippen molar-refractivity contribution in [1.29, 1.82) is 0 Å². The van der Waals surface area contributed by atoms with Gasteiger partial charge in [0.2, 0.25) is 11.6 Å². The summed E-state index contributed by atoms with van der Waals surface area (Å²) in [6.07, 6.45) is 4.37. The van der Waals surface area contributed by atoms with Crippen molar-refractivity contribution < 1.29 is 4.79 Å². The van der Waals surface area contributed by atoms with E-state index < -0.39 is 0 Å². The van der Waals surface area contributed by atoms with E-state index in [1.165, 1.54) is 0 Å². The van der Waals surface area contributed by atoms with Crippen LogP contribution in [0.15, 0.2) is 35.4 Å². The lowest BCUT2D eigenvalue weighted by Gasteiger charge is -2.34. The number of hydrogen-bond acceptors (Lipinski definition) is 5. The van der Waals surface area contributed by atoms with Gasteiger partial charge in [-0.1, -0.05) is 13.0 Å². The lowest BCUT2D eigenvalue weighted by molar-refractivity contribution is -0.132. The molecule has 0 radical (unpaired) electrons. The van der Waals surface area contributed by atoms with Gasteiger partial charge >= 0.3 is 5.56 Å². The zero-order chi connectivity index (χ0) is 21.3. The molecule has 1 saturated heterocycles. The number of carbonyl (C=O) groups is 1. The van der Waals surface area contributed by atoms with Gasteiger partial charge in [-0.25, -0.2) is 0 Å². The van der Waals surface area contributed by atoms with Crippen molar-refractivity contribution in [3.8, 4) is 5.69 Å². The van der Waals surface area contributed by atoms with Gasteiger partial charge in [-0.05, 0) is 43.7 Å². The largest absolute Gasteiger partial charge is 0.340 e. The molecule has 0 N–H and O–H groups in total. The van der Waals surface area contributed by atoms with Crippen molar-refractivity contribution >= 4 is 11.6 Å². The summed E-state index contributed by atoms with van der Waals surface area (Å²) < 4.78 is 3.29. The average molecular weight is 409 g/mol. The Hall–Kier alpha value is -3.00. The van der Waals surface area contributed by atoms with E-state index in [1.807, 2.05) is 30.9 Å². The van der Waals surface area contributed by atoms with Crippen molar-refractivity contribution in [2.45, 2.75) is 33.6 Å². The van der Waals surface area contributed by atoms with E-state index in [9.17, 15) is 9.59 Å². The van der Waals surface area contributed by atoms with Gasteiger partial charge in [-0.2, -0.15) is 0 Å². The Labute approximate surface area is 175 Å². The molecular formula is C22H28N6O2. The van der Waals surface area contributed by atoms with Crippen LogP contribution in [-0.4, -0.2) is 67.6 Å². The number of likely N-dealkylation sites (N-methyl/N-ethyl adjacent to an activating group) is 1. The van der Waals surface area contributed by atoms with Crippen LogP contribution in [-0.2, 0) is 11.2 Å². The fourth-order valence-electron chi connectivity index (χ4n) is 4.09. The number of aryl methyl sites for hydroxylation is 3. The lowest BCUT2D eigenvalue weighted by atomic mass is 10.1. The minimum absolute atomic E-state index is 0.131. The standard InChI is InChI=1S/C22H28N6O2/c1-4-25-7-9-26(10-8-25)20(29)6-5-19-23-24-21-22(30)27(11-12-28(19)21)18-14-16(2)13-17(3)15-18/h11-15H,4-10H2,1-3H3. The molecule has 1 amide bonds. The van der Waals surface area contributed by atoms with Crippen molar-refractivity contribution in [1.82, 2.24) is 29.0 Å². The first-order chi connectivity index (χ1) is 14.5. The molecule has 1 aromatic carbocycles. The molecule has 0 spiro atoms. The van der Waals surface area contributed by atoms with Gasteiger partial charge in [0.15, 0.2) is 0 Å². The third-order valence-corrected chi connectivity index (χ3v) is 5.76. The number of benzene rings is 1. The molecule has 0 saturated carbocycles. The number of rotatable bonds is 5. The molecule has 3 heterocycles. The maximum Gasteiger partial charge on any atom is 0.300 e. The van der Waals surface area contributed by atoms with Gasteiger partial charge in [-0.3, -0.25) is 18.6 Å². The minimum Gasteiger partial charge on any atom is -0.340 e. The topological polar surface area (TPSA) is 75.7 Å². The second kappa shape index (κ2) is 8.39. The third kappa shape index (κ3) is 4.00. The molecule has 2 aromatic heterocycles. The summed E-state index contributed by atoms with van der Waals surface area (Å²) in [4.78, 5) is 29.8. The molecule has 30 heavy (non-hydrogen) atoms. The summed E-state index contributed by atoms with van der Waals surface area (Å²) in [5.41, 5.74) is 3.05. The fraction of sp³-hybridized carbons (Fsp3) is 0.455. The van der Waals surface area contributed by atoms with Crippen LogP contribution < -0.4 is 5.56 Å². The van der Waals surface area contributed by atoms with Crippen molar-refractivity contribution in [3.05, 3.63) is 57.9 Å². The number of hydrogen-bond donors (Lipinski definition) is 0. The quantitative estimate of drug-likeness (QED) is 0.641. The fourth-order valence-corrected chi connectivity index (χ4v) is 4.09. The van der Waals surface area contributed by atoms with Crippen LogP contribution in [0.2, 0.25) is 0 Å². The Morgan fingerprint density at radius 1 is 1.00 bits per heavy atom. The average Bonchev–Trinajstić information content (AvgIpc) is 3.15. The molecule has 1 aliphatic heterocycles. The Kier molecular flexibility index (Phi) is 5.67. The zero-order valence-electron chi connectivity index (χ0n) is 17.8. The molecule has 0 unspecified atom stereocenters. The highest BCUT2D eigenvalue weighted by Crippen LogP contribution is 2.13. The summed E-state index contributed by atoms with van der Waals surface area (Å²) in [6, 6.07) is 6.01. The van der Waals surface area contributed by atoms with Gasteiger partial charge in [0.25, 0.3) is 0 Å².